The van der Waals surface area contributed by atoms with Crippen LogP contribution in [0.25, 0.3) is 11.1 Å². The number of nitrogens with two attached hydrogens (primary N) is 1. The maximum Gasteiger partial charge on any atom is 0.314 e. The summed E-state index contributed by atoms with van der Waals surface area (Å²) >= 11 is 5.85. The normalized spacial score (nSPS) is 10.5. The minimum atomic E-state index is -0.776. The zero-order chi connectivity index (χ0) is 20.3. The van der Waals surface area contributed by atoms with E-state index in [9.17, 15) is 20.0 Å². The van der Waals surface area contributed by atoms with Crippen LogP contribution in [0.5, 0.6) is 5.75 Å². The molecule has 0 unspecified atom stereocenters. The van der Waals surface area contributed by atoms with Gasteiger partial charge in [0.15, 0.2) is 0 Å². The maximum atomic E-state index is 12.6. The molecule has 0 spiro atoms. The Morgan fingerprint density at radius 1 is 1.11 bits per heavy atom. The average Bonchev–Trinajstić information content (AvgIpc) is 2.70. The third-order valence-electron chi connectivity index (χ3n) is 4.12. The molecule has 3 rings (SSSR count). The molecule has 0 saturated carbocycles. The lowest BCUT2D eigenvalue weighted by molar-refractivity contribution is -0.385. The van der Waals surface area contributed by atoms with Crippen LogP contribution in [0.1, 0.15) is 15.9 Å². The Bertz CT molecular complexity index is 1070. The van der Waals surface area contributed by atoms with Crippen LogP contribution in [-0.2, 0) is 6.54 Å². The van der Waals surface area contributed by atoms with Gasteiger partial charge in [-0.2, -0.15) is 0 Å². The molecule has 0 aliphatic carbocycles. The van der Waals surface area contributed by atoms with Crippen molar-refractivity contribution in [2.75, 3.05) is 5.32 Å². The largest absolute Gasteiger partial charge is 0.501 e. The Balaban J connectivity index is 1.91. The number of phenols is 1. The van der Waals surface area contributed by atoms with E-state index in [0.717, 1.165) is 22.8 Å². The first-order chi connectivity index (χ1) is 13.4. The van der Waals surface area contributed by atoms with Gasteiger partial charge < -0.3 is 16.2 Å². The number of aromatic hydroxyl groups is 1. The molecular weight excluding hydrogens is 382 g/mol. The summed E-state index contributed by atoms with van der Waals surface area (Å²) in [5, 5.41) is 23.5. The van der Waals surface area contributed by atoms with E-state index in [2.05, 4.69) is 5.32 Å². The Kier molecular flexibility index (Phi) is 5.58. The zero-order valence-electron chi connectivity index (χ0n) is 14.6. The van der Waals surface area contributed by atoms with Crippen molar-refractivity contribution in [3.8, 4) is 16.9 Å². The van der Waals surface area contributed by atoms with Crippen LogP contribution in [0, 0.1) is 10.1 Å². The molecule has 0 aliphatic heterocycles. The van der Waals surface area contributed by atoms with Gasteiger partial charge in [0.25, 0.3) is 5.91 Å². The number of benzene rings is 3. The predicted molar refractivity (Wildman–Crippen MR) is 107 cm³/mol. The zero-order valence-corrected chi connectivity index (χ0v) is 15.3. The van der Waals surface area contributed by atoms with E-state index in [4.69, 9.17) is 17.3 Å². The van der Waals surface area contributed by atoms with E-state index in [1.54, 1.807) is 18.2 Å². The lowest BCUT2D eigenvalue weighted by Gasteiger charge is -2.10. The van der Waals surface area contributed by atoms with Crippen LogP contribution in [0.3, 0.4) is 0 Å². The molecule has 8 heteroatoms. The number of carbonyl (C=O) groups is 1. The number of nitrogens with one attached hydrogen (secondary N) is 1. The summed E-state index contributed by atoms with van der Waals surface area (Å²) in [6, 6.07) is 16.7. The van der Waals surface area contributed by atoms with Crippen LogP contribution < -0.4 is 11.1 Å². The van der Waals surface area contributed by atoms with Crippen LogP contribution in [0.15, 0.2) is 60.7 Å². The highest BCUT2D eigenvalue weighted by molar-refractivity contribution is 6.31. The van der Waals surface area contributed by atoms with Crippen LogP contribution in [0.2, 0.25) is 5.02 Å². The van der Waals surface area contributed by atoms with Gasteiger partial charge in [-0.1, -0.05) is 41.9 Å². The molecule has 4 N–H and O–H groups in total. The second-order valence-corrected chi connectivity index (χ2v) is 6.45. The molecule has 0 fully saturated rings. The van der Waals surface area contributed by atoms with Crippen molar-refractivity contribution in [1.29, 1.82) is 0 Å². The minimum Gasteiger partial charge on any atom is -0.501 e. The first-order valence-corrected chi connectivity index (χ1v) is 8.64. The molecule has 0 aromatic heterocycles. The molecule has 0 atom stereocenters. The van der Waals surface area contributed by atoms with Crippen molar-refractivity contribution < 1.29 is 14.8 Å². The molecule has 0 saturated heterocycles. The number of hydrogen-bond acceptors (Lipinski definition) is 5. The second kappa shape index (κ2) is 8.08. The number of phenolic OH excluding ortho intramolecular Hbond substituents is 1. The molecular formula is C20H16ClN3O4. The van der Waals surface area contributed by atoms with Crippen molar-refractivity contribution in [3.05, 3.63) is 86.9 Å². The third kappa shape index (κ3) is 4.11. The van der Waals surface area contributed by atoms with Crippen molar-refractivity contribution >= 4 is 28.9 Å². The van der Waals surface area contributed by atoms with Crippen LogP contribution >= 0.6 is 11.6 Å². The minimum absolute atomic E-state index is 0.0205. The Morgan fingerprint density at radius 2 is 1.79 bits per heavy atom. The first-order valence-electron chi connectivity index (χ1n) is 8.26. The Morgan fingerprint density at radius 3 is 2.46 bits per heavy atom. The van der Waals surface area contributed by atoms with E-state index in [1.807, 2.05) is 30.3 Å². The molecule has 3 aromatic carbocycles. The van der Waals surface area contributed by atoms with E-state index in [-0.39, 0.29) is 10.7 Å². The quantitative estimate of drug-likeness (QED) is 0.336. The fourth-order valence-electron chi connectivity index (χ4n) is 2.73. The van der Waals surface area contributed by atoms with Gasteiger partial charge in [0.2, 0.25) is 5.75 Å². The van der Waals surface area contributed by atoms with Gasteiger partial charge in [0.1, 0.15) is 0 Å². The Hall–Kier alpha value is -3.42. The monoisotopic (exact) mass is 397 g/mol. The van der Waals surface area contributed by atoms with Crippen molar-refractivity contribution in [1.82, 2.24) is 0 Å². The molecule has 0 radical (unpaired) electrons. The standard InChI is InChI=1S/C20H16ClN3O4/c21-16-9-17(19(25)18(10-16)24(27)28)23-20(26)15-6-2-5-14(8-15)13-4-1-3-12(7-13)11-22/h1-10,25H,11,22H2,(H,23,26). The maximum absolute atomic E-state index is 12.6. The summed E-state index contributed by atoms with van der Waals surface area (Å²) in [7, 11) is 0. The second-order valence-electron chi connectivity index (χ2n) is 6.02. The molecule has 0 heterocycles. The fourth-order valence-corrected chi connectivity index (χ4v) is 2.94. The average molecular weight is 398 g/mol. The smallest absolute Gasteiger partial charge is 0.314 e. The van der Waals surface area contributed by atoms with Crippen molar-refractivity contribution in [2.45, 2.75) is 6.54 Å². The van der Waals surface area contributed by atoms with Crippen molar-refractivity contribution in [3.63, 3.8) is 0 Å². The van der Waals surface area contributed by atoms with Gasteiger partial charge in [-0.05, 0) is 41.0 Å². The molecule has 3 aromatic rings. The highest BCUT2D eigenvalue weighted by Gasteiger charge is 2.20. The van der Waals surface area contributed by atoms with E-state index in [0.29, 0.717) is 12.1 Å². The number of rotatable bonds is 5. The van der Waals surface area contributed by atoms with Gasteiger partial charge in [0.05, 0.1) is 10.6 Å². The van der Waals surface area contributed by atoms with E-state index < -0.39 is 22.3 Å². The molecule has 1 amide bonds. The van der Waals surface area contributed by atoms with E-state index >= 15 is 0 Å². The SMILES string of the molecule is NCc1cccc(-c2cccc(C(=O)Nc3cc(Cl)cc([N+](=O)[O-])c3O)c2)c1. The number of amides is 1. The first kappa shape index (κ1) is 19.3. The van der Waals surface area contributed by atoms with Gasteiger partial charge in [-0.25, -0.2) is 0 Å². The number of nitro groups is 1. The number of nitro benzene ring substituents is 1. The summed E-state index contributed by atoms with van der Waals surface area (Å²) in [6.07, 6.45) is 0. The highest BCUT2D eigenvalue weighted by atomic mass is 35.5. The number of nitrogens with zero attached hydrogens (tertiary/aromatic N) is 1. The molecule has 7 nitrogen and oxygen atoms in total. The fraction of sp³-hybridized carbons (Fsp3) is 0.0500. The molecule has 0 bridgehead atoms. The van der Waals surface area contributed by atoms with Gasteiger partial charge in [-0.3, -0.25) is 14.9 Å². The van der Waals surface area contributed by atoms with Crippen LogP contribution in [0.4, 0.5) is 11.4 Å². The lowest BCUT2D eigenvalue weighted by atomic mass is 10.0. The molecule has 28 heavy (non-hydrogen) atoms. The van der Waals surface area contributed by atoms with E-state index in [1.165, 1.54) is 6.07 Å². The summed E-state index contributed by atoms with van der Waals surface area (Å²) in [4.78, 5) is 22.8. The van der Waals surface area contributed by atoms with Crippen LogP contribution in [-0.4, -0.2) is 15.9 Å². The van der Waals surface area contributed by atoms with Gasteiger partial charge >= 0.3 is 5.69 Å². The van der Waals surface area contributed by atoms with Crippen molar-refractivity contribution in [2.24, 2.45) is 5.73 Å². The summed E-state index contributed by atoms with van der Waals surface area (Å²) in [6.45, 7) is 0.404. The summed E-state index contributed by atoms with van der Waals surface area (Å²) < 4.78 is 0. The Labute approximate surface area is 165 Å². The van der Waals surface area contributed by atoms with Gasteiger partial charge in [0, 0.05) is 23.2 Å². The number of anilines is 1. The predicted octanol–water partition coefficient (Wildman–Crippen LogP) is 4.33. The van der Waals surface area contributed by atoms with Gasteiger partial charge in [-0.15, -0.1) is 0 Å². The molecule has 142 valence electrons. The lowest BCUT2D eigenvalue weighted by Crippen LogP contribution is -2.12. The number of hydrogen-bond donors (Lipinski definition) is 3. The summed E-state index contributed by atoms with van der Waals surface area (Å²) in [5.74, 6) is -1.20. The topological polar surface area (TPSA) is 118 Å². The number of halogens is 1. The third-order valence-corrected chi connectivity index (χ3v) is 4.34. The number of carbonyl (C=O) groups excluding carboxylic acids is 1. The highest BCUT2D eigenvalue weighted by Crippen LogP contribution is 2.37. The summed E-state index contributed by atoms with van der Waals surface area (Å²) in [5.41, 5.74) is 7.94. The molecule has 0 aliphatic rings.